The Labute approximate surface area is 243 Å². The van der Waals surface area contributed by atoms with Crippen molar-refractivity contribution in [2.24, 2.45) is 0 Å². The van der Waals surface area contributed by atoms with Crippen molar-refractivity contribution < 1.29 is 0 Å². The van der Waals surface area contributed by atoms with Crippen LogP contribution in [0.2, 0.25) is 0 Å². The number of imidazole rings is 1. The molecule has 8 aromatic rings. The van der Waals surface area contributed by atoms with E-state index in [1.54, 1.807) is 0 Å². The SMILES string of the molecule is O=c1n(-c2ccc(-c3cc4ccccc4c4ccccc34)cc2)c2ccccc2n1-c1cccc(-c2ccccc2)c1. The van der Waals surface area contributed by atoms with Gasteiger partial charge in [0.25, 0.3) is 0 Å². The largest absolute Gasteiger partial charge is 0.338 e. The Bertz CT molecular complexity index is 2310. The second kappa shape index (κ2) is 9.76. The van der Waals surface area contributed by atoms with E-state index >= 15 is 0 Å². The van der Waals surface area contributed by atoms with Gasteiger partial charge in [0.15, 0.2) is 0 Å². The third-order valence-corrected chi connectivity index (χ3v) is 8.16. The van der Waals surface area contributed by atoms with Crippen molar-refractivity contribution in [2.75, 3.05) is 0 Å². The maximum absolute atomic E-state index is 14.1. The van der Waals surface area contributed by atoms with Gasteiger partial charge in [0.05, 0.1) is 22.4 Å². The molecule has 0 saturated carbocycles. The lowest BCUT2D eigenvalue weighted by Gasteiger charge is -2.12. The van der Waals surface area contributed by atoms with Gasteiger partial charge in [0.2, 0.25) is 0 Å². The Morgan fingerprint density at radius 2 is 0.976 bits per heavy atom. The van der Waals surface area contributed by atoms with E-state index in [1.807, 2.05) is 63.7 Å². The molecule has 0 bridgehead atoms. The molecule has 0 N–H and O–H groups in total. The summed E-state index contributed by atoms with van der Waals surface area (Å²) >= 11 is 0. The molecule has 3 nitrogen and oxygen atoms in total. The average molecular weight is 539 g/mol. The Kier molecular flexibility index (Phi) is 5.61. The van der Waals surface area contributed by atoms with E-state index in [1.165, 1.54) is 27.1 Å². The highest BCUT2D eigenvalue weighted by atomic mass is 16.1. The molecule has 1 heterocycles. The molecule has 0 aliphatic heterocycles. The minimum absolute atomic E-state index is 0.0923. The van der Waals surface area contributed by atoms with E-state index in [9.17, 15) is 4.79 Å². The first-order valence-corrected chi connectivity index (χ1v) is 14.2. The summed E-state index contributed by atoms with van der Waals surface area (Å²) in [5.74, 6) is 0. The molecular weight excluding hydrogens is 512 g/mol. The van der Waals surface area contributed by atoms with E-state index in [2.05, 4.69) is 103 Å². The molecule has 0 aliphatic rings. The first-order chi connectivity index (χ1) is 20.8. The summed E-state index contributed by atoms with van der Waals surface area (Å²) in [6.45, 7) is 0. The highest BCUT2D eigenvalue weighted by Gasteiger charge is 2.17. The monoisotopic (exact) mass is 538 g/mol. The van der Waals surface area contributed by atoms with Crippen molar-refractivity contribution in [1.29, 1.82) is 0 Å². The van der Waals surface area contributed by atoms with Gasteiger partial charge in [0.1, 0.15) is 0 Å². The minimum Gasteiger partial charge on any atom is -0.260 e. The maximum Gasteiger partial charge on any atom is 0.338 e. The number of hydrogen-bond acceptors (Lipinski definition) is 1. The molecule has 3 heteroatoms. The van der Waals surface area contributed by atoms with E-state index in [-0.39, 0.29) is 5.69 Å². The van der Waals surface area contributed by atoms with Crippen molar-refractivity contribution in [3.63, 3.8) is 0 Å². The molecule has 0 radical (unpaired) electrons. The highest BCUT2D eigenvalue weighted by molar-refractivity contribution is 6.13. The van der Waals surface area contributed by atoms with Crippen LogP contribution in [0.3, 0.4) is 0 Å². The maximum atomic E-state index is 14.1. The summed E-state index contributed by atoms with van der Waals surface area (Å²) in [6, 6.07) is 54.1. The molecule has 0 atom stereocenters. The predicted molar refractivity (Wildman–Crippen MR) is 175 cm³/mol. The molecule has 8 rings (SSSR count). The molecule has 0 unspecified atom stereocenters. The standard InChI is InChI=1S/C39H26N2O/c42-39-40(37-19-8-9-20-38(37)41(39)32-15-10-14-29(25-32)27-11-2-1-3-12-27)31-23-21-28(22-24-31)36-26-30-13-4-5-16-33(30)34-17-6-7-18-35(34)36/h1-26H. The molecule has 0 amide bonds. The summed E-state index contributed by atoms with van der Waals surface area (Å²) in [5.41, 5.74) is 7.82. The molecule has 0 spiro atoms. The minimum atomic E-state index is -0.0923. The van der Waals surface area contributed by atoms with Crippen molar-refractivity contribution in [3.05, 3.63) is 168 Å². The van der Waals surface area contributed by atoms with E-state index in [0.29, 0.717) is 0 Å². The first-order valence-electron chi connectivity index (χ1n) is 14.2. The molecule has 42 heavy (non-hydrogen) atoms. The van der Waals surface area contributed by atoms with Gasteiger partial charge in [-0.15, -0.1) is 0 Å². The second-order valence-electron chi connectivity index (χ2n) is 10.6. The second-order valence-corrected chi connectivity index (χ2v) is 10.6. The van der Waals surface area contributed by atoms with Gasteiger partial charge in [-0.3, -0.25) is 9.13 Å². The quantitative estimate of drug-likeness (QED) is 0.205. The molecule has 198 valence electrons. The number of fused-ring (bicyclic) bond motifs is 4. The number of para-hydroxylation sites is 2. The summed E-state index contributed by atoms with van der Waals surface area (Å²) in [4.78, 5) is 14.1. The zero-order valence-corrected chi connectivity index (χ0v) is 22.8. The van der Waals surface area contributed by atoms with Crippen LogP contribution in [0.4, 0.5) is 0 Å². The fourth-order valence-electron chi connectivity index (χ4n) is 6.19. The normalized spacial score (nSPS) is 11.4. The van der Waals surface area contributed by atoms with Gasteiger partial charge < -0.3 is 0 Å². The van der Waals surface area contributed by atoms with Gasteiger partial charge in [-0.05, 0) is 86.3 Å². The van der Waals surface area contributed by atoms with Gasteiger partial charge in [-0.1, -0.05) is 115 Å². The predicted octanol–water partition coefficient (Wildman–Crippen LogP) is 9.42. The molecule has 0 aliphatic carbocycles. The summed E-state index contributed by atoms with van der Waals surface area (Å²) in [6.07, 6.45) is 0. The van der Waals surface area contributed by atoms with Crippen LogP contribution in [0.1, 0.15) is 0 Å². The number of benzene rings is 7. The van der Waals surface area contributed by atoms with Crippen molar-refractivity contribution in [1.82, 2.24) is 9.13 Å². The van der Waals surface area contributed by atoms with Crippen LogP contribution in [-0.2, 0) is 0 Å². The number of hydrogen-bond donors (Lipinski definition) is 0. The molecule has 7 aromatic carbocycles. The third-order valence-electron chi connectivity index (χ3n) is 8.16. The van der Waals surface area contributed by atoms with Crippen LogP contribution >= 0.6 is 0 Å². The van der Waals surface area contributed by atoms with Crippen molar-refractivity contribution in [3.8, 4) is 33.6 Å². The van der Waals surface area contributed by atoms with Gasteiger partial charge in [-0.25, -0.2) is 4.79 Å². The zero-order valence-electron chi connectivity index (χ0n) is 22.8. The summed E-state index contributed by atoms with van der Waals surface area (Å²) in [7, 11) is 0. The van der Waals surface area contributed by atoms with E-state index in [4.69, 9.17) is 0 Å². The molecular formula is C39H26N2O. The Morgan fingerprint density at radius 1 is 0.381 bits per heavy atom. The highest BCUT2D eigenvalue weighted by Crippen LogP contribution is 2.35. The molecule has 0 fully saturated rings. The van der Waals surface area contributed by atoms with Crippen LogP contribution < -0.4 is 5.69 Å². The lowest BCUT2D eigenvalue weighted by atomic mass is 9.93. The van der Waals surface area contributed by atoms with Crippen LogP contribution in [0.15, 0.2) is 163 Å². The topological polar surface area (TPSA) is 26.9 Å². The average Bonchev–Trinajstić information content (AvgIpc) is 3.36. The number of rotatable bonds is 4. The Balaban J connectivity index is 1.27. The molecule has 1 aromatic heterocycles. The van der Waals surface area contributed by atoms with Crippen molar-refractivity contribution >= 4 is 32.6 Å². The Hall–Kier alpha value is -5.67. The van der Waals surface area contributed by atoms with Crippen LogP contribution in [0.5, 0.6) is 0 Å². The van der Waals surface area contributed by atoms with Crippen LogP contribution in [-0.4, -0.2) is 9.13 Å². The van der Waals surface area contributed by atoms with E-state index < -0.39 is 0 Å². The zero-order chi connectivity index (χ0) is 28.0. The van der Waals surface area contributed by atoms with Crippen LogP contribution in [0, 0.1) is 0 Å². The third kappa shape index (κ3) is 3.87. The van der Waals surface area contributed by atoms with Gasteiger partial charge >= 0.3 is 5.69 Å². The molecule has 0 saturated heterocycles. The van der Waals surface area contributed by atoms with Gasteiger partial charge in [-0.2, -0.15) is 0 Å². The smallest absolute Gasteiger partial charge is 0.260 e. The van der Waals surface area contributed by atoms with E-state index in [0.717, 1.165) is 39.1 Å². The fourth-order valence-corrected chi connectivity index (χ4v) is 6.19. The number of nitrogens with zero attached hydrogens (tertiary/aromatic N) is 2. The van der Waals surface area contributed by atoms with Crippen molar-refractivity contribution in [2.45, 2.75) is 0 Å². The van der Waals surface area contributed by atoms with Gasteiger partial charge in [0, 0.05) is 0 Å². The summed E-state index contributed by atoms with van der Waals surface area (Å²) in [5, 5.41) is 4.93. The lowest BCUT2D eigenvalue weighted by Crippen LogP contribution is -2.22. The van der Waals surface area contributed by atoms with Crippen LogP contribution in [0.25, 0.3) is 66.2 Å². The number of aromatic nitrogens is 2. The summed E-state index contributed by atoms with van der Waals surface area (Å²) < 4.78 is 3.62. The Morgan fingerprint density at radius 3 is 1.74 bits per heavy atom. The fraction of sp³-hybridized carbons (Fsp3) is 0. The lowest BCUT2D eigenvalue weighted by molar-refractivity contribution is 0.931. The first kappa shape index (κ1) is 24.2.